The summed E-state index contributed by atoms with van der Waals surface area (Å²) in [5.74, 6) is -1.49. The van der Waals surface area contributed by atoms with Gasteiger partial charge in [0.25, 0.3) is 5.91 Å². The van der Waals surface area contributed by atoms with Gasteiger partial charge in [-0.15, -0.1) is 0 Å². The minimum atomic E-state index is -0.780. The lowest BCUT2D eigenvalue weighted by atomic mass is 9.95. The number of nitrogens with two attached hydrogens (primary N) is 1. The number of halogens is 1. The van der Waals surface area contributed by atoms with Crippen LogP contribution < -0.4 is 5.73 Å². The van der Waals surface area contributed by atoms with Crippen LogP contribution in [-0.2, 0) is 0 Å². The Balaban J connectivity index is 2.72. The largest absolute Gasteiger partial charge is 0.365 e. The van der Waals surface area contributed by atoms with E-state index in [2.05, 4.69) is 6.07 Å². The van der Waals surface area contributed by atoms with Gasteiger partial charge in [-0.3, -0.25) is 4.79 Å². The fourth-order valence-electron chi connectivity index (χ4n) is 1.81. The van der Waals surface area contributed by atoms with Crippen LogP contribution in [0.25, 0.3) is 11.1 Å². The number of hydrogen-bond acceptors (Lipinski definition) is 1. The molecule has 0 aliphatic heterocycles. The quantitative estimate of drug-likeness (QED) is 0.843. The van der Waals surface area contributed by atoms with Crippen LogP contribution in [0.2, 0.25) is 0 Å². The topological polar surface area (TPSA) is 43.1 Å². The maximum Gasteiger partial charge on any atom is 0.252 e. The zero-order valence-corrected chi connectivity index (χ0v) is 9.33. The van der Waals surface area contributed by atoms with Crippen LogP contribution in [0.3, 0.4) is 0 Å². The van der Waals surface area contributed by atoms with Gasteiger partial charge in [0.1, 0.15) is 5.82 Å². The Morgan fingerprint density at radius 2 is 1.94 bits per heavy atom. The summed E-state index contributed by atoms with van der Waals surface area (Å²) in [5, 5.41) is 0. The Hall–Kier alpha value is -2.16. The van der Waals surface area contributed by atoms with E-state index in [4.69, 9.17) is 5.73 Å². The molecule has 0 fully saturated rings. The molecule has 0 atom stereocenters. The smallest absolute Gasteiger partial charge is 0.252 e. The number of primary amides is 1. The summed E-state index contributed by atoms with van der Waals surface area (Å²) in [4.78, 5) is 11.3. The zero-order valence-electron chi connectivity index (χ0n) is 9.33. The summed E-state index contributed by atoms with van der Waals surface area (Å²) < 4.78 is 13.6. The lowest BCUT2D eigenvalue weighted by molar-refractivity contribution is 0.0997. The molecule has 0 saturated carbocycles. The zero-order chi connectivity index (χ0) is 12.4. The Morgan fingerprint density at radius 1 is 1.24 bits per heavy atom. The fraction of sp³-hybridized carbons (Fsp3) is 0.0714. The highest BCUT2D eigenvalue weighted by molar-refractivity contribution is 6.00. The molecule has 0 saturated heterocycles. The van der Waals surface area contributed by atoms with Crippen molar-refractivity contribution in [3.8, 4) is 11.1 Å². The second kappa shape index (κ2) is 4.37. The Bertz CT molecular complexity index is 578. The van der Waals surface area contributed by atoms with Crippen LogP contribution in [-0.4, -0.2) is 5.91 Å². The first-order valence-electron chi connectivity index (χ1n) is 5.17. The molecule has 0 unspecified atom stereocenters. The number of benzene rings is 2. The van der Waals surface area contributed by atoms with Gasteiger partial charge in [0.05, 0.1) is 5.56 Å². The van der Waals surface area contributed by atoms with Crippen molar-refractivity contribution in [1.29, 1.82) is 0 Å². The molecule has 1 radical (unpaired) electrons. The summed E-state index contributed by atoms with van der Waals surface area (Å²) >= 11 is 0. The van der Waals surface area contributed by atoms with Gasteiger partial charge in [-0.05, 0) is 23.6 Å². The molecule has 2 nitrogen and oxygen atoms in total. The molecule has 1 amide bonds. The van der Waals surface area contributed by atoms with Crippen LogP contribution in [0.15, 0.2) is 36.4 Å². The molecular weight excluding hydrogens is 217 g/mol. The molecule has 0 aliphatic carbocycles. The van der Waals surface area contributed by atoms with Gasteiger partial charge in [0.15, 0.2) is 0 Å². The summed E-state index contributed by atoms with van der Waals surface area (Å²) in [7, 11) is 0. The van der Waals surface area contributed by atoms with Gasteiger partial charge >= 0.3 is 0 Å². The number of rotatable bonds is 2. The van der Waals surface area contributed by atoms with Crippen molar-refractivity contribution >= 4 is 5.91 Å². The average molecular weight is 228 g/mol. The van der Waals surface area contributed by atoms with Crippen molar-refractivity contribution in [3.05, 3.63) is 59.4 Å². The number of amides is 1. The van der Waals surface area contributed by atoms with Gasteiger partial charge in [0.2, 0.25) is 0 Å². The van der Waals surface area contributed by atoms with E-state index in [1.807, 2.05) is 31.2 Å². The van der Waals surface area contributed by atoms with Crippen molar-refractivity contribution < 1.29 is 9.18 Å². The van der Waals surface area contributed by atoms with E-state index in [-0.39, 0.29) is 5.56 Å². The Morgan fingerprint density at radius 3 is 2.59 bits per heavy atom. The van der Waals surface area contributed by atoms with Gasteiger partial charge < -0.3 is 5.73 Å². The maximum atomic E-state index is 13.6. The highest BCUT2D eigenvalue weighted by atomic mass is 19.1. The first-order chi connectivity index (χ1) is 8.11. The number of hydrogen-bond donors (Lipinski definition) is 1. The predicted molar refractivity (Wildman–Crippen MR) is 63.9 cm³/mol. The van der Waals surface area contributed by atoms with Crippen molar-refractivity contribution in [2.45, 2.75) is 6.92 Å². The van der Waals surface area contributed by atoms with Crippen LogP contribution in [0.5, 0.6) is 0 Å². The number of aryl methyl sites for hydroxylation is 1. The van der Waals surface area contributed by atoms with Crippen molar-refractivity contribution in [3.63, 3.8) is 0 Å². The first-order valence-corrected chi connectivity index (χ1v) is 5.17. The van der Waals surface area contributed by atoms with Crippen LogP contribution in [0.1, 0.15) is 15.9 Å². The molecule has 17 heavy (non-hydrogen) atoms. The summed E-state index contributed by atoms with van der Waals surface area (Å²) in [5.41, 5.74) is 7.36. The molecule has 0 heterocycles. The molecule has 0 bridgehead atoms. The van der Waals surface area contributed by atoms with Gasteiger partial charge in [-0.1, -0.05) is 36.4 Å². The standard InChI is InChI=1S/C14H11FNO/c1-9-5-2-3-6-10(9)11-7-4-8-12(15)13(11)14(16)17/h2-7H,1H3,(H2,16,17). The van der Waals surface area contributed by atoms with Crippen molar-refractivity contribution in [2.75, 3.05) is 0 Å². The van der Waals surface area contributed by atoms with Crippen molar-refractivity contribution in [2.24, 2.45) is 5.73 Å². The maximum absolute atomic E-state index is 13.6. The molecular formula is C14H11FNO. The van der Waals surface area contributed by atoms with E-state index in [9.17, 15) is 9.18 Å². The Labute approximate surface area is 98.9 Å². The lowest BCUT2D eigenvalue weighted by Gasteiger charge is -2.10. The van der Waals surface area contributed by atoms with Crippen LogP contribution in [0, 0.1) is 18.8 Å². The monoisotopic (exact) mass is 228 g/mol. The second-order valence-electron chi connectivity index (χ2n) is 3.76. The third-order valence-corrected chi connectivity index (χ3v) is 2.63. The lowest BCUT2D eigenvalue weighted by Crippen LogP contribution is -2.15. The molecule has 85 valence electrons. The highest BCUT2D eigenvalue weighted by Crippen LogP contribution is 2.27. The minimum Gasteiger partial charge on any atom is -0.365 e. The fourth-order valence-corrected chi connectivity index (χ4v) is 1.81. The van der Waals surface area contributed by atoms with E-state index in [1.54, 1.807) is 6.07 Å². The molecule has 0 aliphatic rings. The van der Waals surface area contributed by atoms with Crippen LogP contribution >= 0.6 is 0 Å². The Kier molecular flexibility index (Phi) is 2.91. The average Bonchev–Trinajstić information content (AvgIpc) is 2.28. The third kappa shape index (κ3) is 2.04. The predicted octanol–water partition coefficient (Wildman–Crippen LogP) is 2.70. The minimum absolute atomic E-state index is 0.109. The van der Waals surface area contributed by atoms with Gasteiger partial charge in [0, 0.05) is 6.07 Å². The molecule has 2 rings (SSSR count). The van der Waals surface area contributed by atoms with E-state index in [1.165, 1.54) is 6.07 Å². The first kappa shape index (κ1) is 11.3. The molecule has 3 heteroatoms. The molecule has 2 aromatic carbocycles. The summed E-state index contributed by atoms with van der Waals surface area (Å²) in [6.45, 7) is 1.90. The van der Waals surface area contributed by atoms with Crippen molar-refractivity contribution in [1.82, 2.24) is 0 Å². The molecule has 0 spiro atoms. The van der Waals surface area contributed by atoms with E-state index in [0.29, 0.717) is 5.56 Å². The molecule has 2 aromatic rings. The van der Waals surface area contributed by atoms with Gasteiger partial charge in [-0.2, -0.15) is 0 Å². The summed E-state index contributed by atoms with van der Waals surface area (Å²) in [6.07, 6.45) is 0. The molecule has 2 N–H and O–H groups in total. The van der Waals surface area contributed by atoms with E-state index in [0.717, 1.165) is 11.1 Å². The third-order valence-electron chi connectivity index (χ3n) is 2.63. The highest BCUT2D eigenvalue weighted by Gasteiger charge is 2.16. The number of carbonyl (C=O) groups is 1. The molecule has 0 aromatic heterocycles. The van der Waals surface area contributed by atoms with Gasteiger partial charge in [-0.25, -0.2) is 4.39 Å². The normalized spacial score (nSPS) is 10.2. The van der Waals surface area contributed by atoms with E-state index >= 15 is 0 Å². The van der Waals surface area contributed by atoms with E-state index < -0.39 is 11.7 Å². The number of carbonyl (C=O) groups excluding carboxylic acids is 1. The summed E-state index contributed by atoms with van der Waals surface area (Å²) in [6, 6.07) is 12.9. The van der Waals surface area contributed by atoms with Crippen LogP contribution in [0.4, 0.5) is 4.39 Å². The second-order valence-corrected chi connectivity index (χ2v) is 3.76. The SMILES string of the molecule is Cc1ccccc1-c1cc[c]c(F)c1C(N)=O.